The maximum atomic E-state index is 12.2. The van der Waals surface area contributed by atoms with E-state index >= 15 is 0 Å². The minimum atomic E-state index is -0.363. The molecule has 0 aliphatic carbocycles. The number of aryl methyl sites for hydroxylation is 1. The fourth-order valence-electron chi connectivity index (χ4n) is 2.59. The highest BCUT2D eigenvalue weighted by molar-refractivity contribution is 5.85. The molecule has 1 heterocycles. The van der Waals surface area contributed by atoms with Gasteiger partial charge >= 0.3 is 5.63 Å². The van der Waals surface area contributed by atoms with Gasteiger partial charge in [-0.05, 0) is 29.7 Å². The zero-order valence-electron chi connectivity index (χ0n) is 12.3. The number of carbonyl (C=O) groups excluding carboxylic acids is 1. The van der Waals surface area contributed by atoms with Crippen LogP contribution in [-0.4, -0.2) is 5.78 Å². The molecule has 1 aromatic heterocycles. The summed E-state index contributed by atoms with van der Waals surface area (Å²) >= 11 is 0. The Kier molecular flexibility index (Phi) is 3.88. The van der Waals surface area contributed by atoms with Gasteiger partial charge in [0.25, 0.3) is 0 Å². The summed E-state index contributed by atoms with van der Waals surface area (Å²) in [5, 5.41) is 0.902. The van der Waals surface area contributed by atoms with Gasteiger partial charge in [0.2, 0.25) is 0 Å². The predicted molar refractivity (Wildman–Crippen MR) is 86.1 cm³/mol. The minimum absolute atomic E-state index is 0.139. The van der Waals surface area contributed by atoms with Gasteiger partial charge in [0.15, 0.2) is 0 Å². The number of rotatable bonds is 4. The molecule has 0 bridgehead atoms. The van der Waals surface area contributed by atoms with Crippen LogP contribution in [0.4, 0.5) is 0 Å². The first kappa shape index (κ1) is 14.3. The Morgan fingerprint density at radius 3 is 2.45 bits per heavy atom. The Morgan fingerprint density at radius 1 is 0.955 bits per heavy atom. The van der Waals surface area contributed by atoms with Gasteiger partial charge in [-0.25, -0.2) is 4.79 Å². The van der Waals surface area contributed by atoms with E-state index in [0.29, 0.717) is 18.4 Å². The summed E-state index contributed by atoms with van der Waals surface area (Å²) in [6.45, 7) is 1.87. The van der Waals surface area contributed by atoms with Crippen LogP contribution in [0.2, 0.25) is 0 Å². The molecule has 2 aromatic carbocycles. The molecule has 0 N–H and O–H groups in total. The van der Waals surface area contributed by atoms with Crippen LogP contribution in [0.25, 0.3) is 11.0 Å². The maximum Gasteiger partial charge on any atom is 0.336 e. The van der Waals surface area contributed by atoms with Gasteiger partial charge in [0.05, 0.1) is 0 Å². The molecule has 0 aliphatic rings. The first-order valence-corrected chi connectivity index (χ1v) is 7.21. The van der Waals surface area contributed by atoms with E-state index in [1.54, 1.807) is 6.07 Å². The van der Waals surface area contributed by atoms with E-state index in [0.717, 1.165) is 22.1 Å². The molecular formula is C19H16O3. The molecular weight excluding hydrogens is 276 g/mol. The van der Waals surface area contributed by atoms with Crippen LogP contribution in [0.1, 0.15) is 16.7 Å². The molecule has 0 fully saturated rings. The highest BCUT2D eigenvalue weighted by Gasteiger charge is 2.08. The number of benzene rings is 2. The van der Waals surface area contributed by atoms with Crippen LogP contribution in [-0.2, 0) is 17.6 Å². The lowest BCUT2D eigenvalue weighted by Crippen LogP contribution is -2.06. The Morgan fingerprint density at radius 2 is 1.68 bits per heavy atom. The van der Waals surface area contributed by atoms with Gasteiger partial charge in [0, 0.05) is 24.3 Å². The minimum Gasteiger partial charge on any atom is -0.423 e. The van der Waals surface area contributed by atoms with Crippen LogP contribution in [0.5, 0.6) is 0 Å². The maximum absolute atomic E-state index is 12.2. The molecule has 110 valence electrons. The molecule has 3 rings (SSSR count). The van der Waals surface area contributed by atoms with Crippen molar-refractivity contribution in [1.29, 1.82) is 0 Å². The van der Waals surface area contributed by atoms with Gasteiger partial charge < -0.3 is 4.42 Å². The van der Waals surface area contributed by atoms with Crippen molar-refractivity contribution in [3.63, 3.8) is 0 Å². The highest BCUT2D eigenvalue weighted by Crippen LogP contribution is 2.18. The Balaban J connectivity index is 1.82. The smallest absolute Gasteiger partial charge is 0.336 e. The molecule has 0 amide bonds. The number of carbonyl (C=O) groups is 1. The number of fused-ring (bicyclic) bond motifs is 1. The molecule has 22 heavy (non-hydrogen) atoms. The number of hydrogen-bond donors (Lipinski definition) is 0. The molecule has 0 radical (unpaired) electrons. The largest absolute Gasteiger partial charge is 0.423 e. The summed E-state index contributed by atoms with van der Waals surface area (Å²) in [5.74, 6) is 0.139. The van der Waals surface area contributed by atoms with Crippen LogP contribution in [0.15, 0.2) is 63.8 Å². The van der Waals surface area contributed by atoms with Gasteiger partial charge in [0.1, 0.15) is 11.4 Å². The normalized spacial score (nSPS) is 10.8. The van der Waals surface area contributed by atoms with Crippen molar-refractivity contribution >= 4 is 16.8 Å². The number of ketones is 1. The summed E-state index contributed by atoms with van der Waals surface area (Å²) in [4.78, 5) is 23.6. The van der Waals surface area contributed by atoms with Crippen molar-refractivity contribution < 1.29 is 9.21 Å². The fourth-order valence-corrected chi connectivity index (χ4v) is 2.59. The first-order chi connectivity index (χ1) is 10.6. The Hall–Kier alpha value is -2.68. The molecule has 0 unspecified atom stereocenters. The van der Waals surface area contributed by atoms with Crippen LogP contribution >= 0.6 is 0 Å². The average Bonchev–Trinajstić information content (AvgIpc) is 2.47. The van der Waals surface area contributed by atoms with Gasteiger partial charge in [-0.15, -0.1) is 0 Å². The summed E-state index contributed by atoms with van der Waals surface area (Å²) in [6.07, 6.45) is 0.749. The van der Waals surface area contributed by atoms with Crippen molar-refractivity contribution in [3.05, 3.63) is 81.7 Å². The third-order valence-electron chi connectivity index (χ3n) is 3.66. The monoisotopic (exact) mass is 292 g/mol. The summed E-state index contributed by atoms with van der Waals surface area (Å²) in [5.41, 5.74) is 2.93. The zero-order chi connectivity index (χ0) is 15.5. The summed E-state index contributed by atoms with van der Waals surface area (Å²) in [7, 11) is 0. The first-order valence-electron chi connectivity index (χ1n) is 7.21. The molecule has 0 saturated heterocycles. The zero-order valence-corrected chi connectivity index (χ0v) is 12.3. The summed E-state index contributed by atoms with van der Waals surface area (Å²) < 4.78 is 5.22. The second-order valence-corrected chi connectivity index (χ2v) is 5.46. The second kappa shape index (κ2) is 5.98. The van der Waals surface area contributed by atoms with E-state index in [1.165, 1.54) is 6.07 Å². The average molecular weight is 292 g/mol. The third kappa shape index (κ3) is 3.14. The third-order valence-corrected chi connectivity index (χ3v) is 3.66. The van der Waals surface area contributed by atoms with Crippen molar-refractivity contribution in [2.75, 3.05) is 0 Å². The van der Waals surface area contributed by atoms with Gasteiger partial charge in [-0.1, -0.05) is 42.5 Å². The van der Waals surface area contributed by atoms with Crippen molar-refractivity contribution in [3.8, 4) is 0 Å². The van der Waals surface area contributed by atoms with E-state index in [2.05, 4.69) is 0 Å². The highest BCUT2D eigenvalue weighted by atomic mass is 16.4. The molecule has 0 atom stereocenters. The number of Topliss-reactive ketones (excluding diaryl/α,β-unsaturated/α-hetero) is 1. The van der Waals surface area contributed by atoms with Crippen LogP contribution in [0.3, 0.4) is 0 Å². The van der Waals surface area contributed by atoms with E-state index in [-0.39, 0.29) is 11.4 Å². The van der Waals surface area contributed by atoms with E-state index in [9.17, 15) is 9.59 Å². The SMILES string of the molecule is Cc1cc(=O)oc2cc(CC(=O)Cc3ccccc3)ccc12. The van der Waals surface area contributed by atoms with E-state index < -0.39 is 0 Å². The predicted octanol–water partition coefficient (Wildman–Crippen LogP) is 3.46. The molecule has 3 nitrogen and oxygen atoms in total. The van der Waals surface area contributed by atoms with Crippen molar-refractivity contribution in [1.82, 2.24) is 0 Å². The lowest BCUT2D eigenvalue weighted by atomic mass is 10.0. The molecule has 0 spiro atoms. The second-order valence-electron chi connectivity index (χ2n) is 5.46. The standard InChI is InChI=1S/C19H16O3/c1-13-9-19(21)22-18-12-15(7-8-17(13)18)11-16(20)10-14-5-3-2-4-6-14/h2-9,12H,10-11H2,1H3. The molecule has 0 aliphatic heterocycles. The topological polar surface area (TPSA) is 47.3 Å². The van der Waals surface area contributed by atoms with Crippen molar-refractivity contribution in [2.45, 2.75) is 19.8 Å². The lowest BCUT2D eigenvalue weighted by molar-refractivity contribution is -0.117. The van der Waals surface area contributed by atoms with E-state index in [1.807, 2.05) is 49.4 Å². The Labute approximate surface area is 128 Å². The Bertz CT molecular complexity index is 876. The fraction of sp³-hybridized carbons (Fsp3) is 0.158. The molecule has 3 aromatic rings. The quantitative estimate of drug-likeness (QED) is 0.692. The molecule has 0 saturated carbocycles. The molecule has 3 heteroatoms. The summed E-state index contributed by atoms with van der Waals surface area (Å²) in [6, 6.07) is 16.8. The number of hydrogen-bond acceptors (Lipinski definition) is 3. The van der Waals surface area contributed by atoms with Crippen LogP contribution in [0, 0.1) is 6.92 Å². The van der Waals surface area contributed by atoms with Gasteiger partial charge in [-0.3, -0.25) is 4.79 Å². The lowest BCUT2D eigenvalue weighted by Gasteiger charge is -2.05. The van der Waals surface area contributed by atoms with Crippen LogP contribution < -0.4 is 5.63 Å². The van der Waals surface area contributed by atoms with Crippen molar-refractivity contribution in [2.24, 2.45) is 0 Å². The van der Waals surface area contributed by atoms with Gasteiger partial charge in [-0.2, -0.15) is 0 Å². The van der Waals surface area contributed by atoms with E-state index in [4.69, 9.17) is 4.42 Å².